The zero-order valence-electron chi connectivity index (χ0n) is 18.3. The number of fused-ring (bicyclic) bond motifs is 3. The van der Waals surface area contributed by atoms with Crippen molar-refractivity contribution in [3.8, 4) is 16.9 Å². The molecular weight excluding hydrogens is 424 g/mol. The molecule has 0 radical (unpaired) electrons. The first-order chi connectivity index (χ1) is 15.3. The summed E-state index contributed by atoms with van der Waals surface area (Å²) in [5.41, 5.74) is 3.67. The van der Waals surface area contributed by atoms with Crippen molar-refractivity contribution in [1.29, 1.82) is 0 Å². The first-order valence-corrected chi connectivity index (χ1v) is 12.0. The number of nitrogens with one attached hydrogen (secondary N) is 1. The summed E-state index contributed by atoms with van der Waals surface area (Å²) >= 11 is 0. The molecule has 166 valence electrons. The molecule has 3 aromatic rings. The summed E-state index contributed by atoms with van der Waals surface area (Å²) in [6, 6.07) is 19.6. The molecule has 1 N–H and O–H groups in total. The molecule has 1 aliphatic heterocycles. The van der Waals surface area contributed by atoms with Crippen LogP contribution in [0.25, 0.3) is 11.1 Å². The van der Waals surface area contributed by atoms with Crippen molar-refractivity contribution in [3.63, 3.8) is 0 Å². The quantitative estimate of drug-likeness (QED) is 0.572. The molecule has 4 rings (SSSR count). The lowest BCUT2D eigenvalue weighted by Gasteiger charge is -2.32. The van der Waals surface area contributed by atoms with Crippen molar-refractivity contribution in [1.82, 2.24) is 0 Å². The molecule has 1 heterocycles. The van der Waals surface area contributed by atoms with Crippen molar-refractivity contribution in [2.24, 2.45) is 0 Å². The van der Waals surface area contributed by atoms with Crippen LogP contribution in [0.1, 0.15) is 32.3 Å². The van der Waals surface area contributed by atoms with Gasteiger partial charge < -0.3 is 10.1 Å². The highest BCUT2D eigenvalue weighted by Gasteiger charge is 2.36. The highest BCUT2D eigenvalue weighted by molar-refractivity contribution is 7.93. The van der Waals surface area contributed by atoms with Gasteiger partial charge in [0, 0.05) is 16.8 Å². The van der Waals surface area contributed by atoms with E-state index in [4.69, 9.17) is 4.74 Å². The molecule has 0 spiro atoms. The molecule has 1 amide bonds. The van der Waals surface area contributed by atoms with Gasteiger partial charge in [0.15, 0.2) is 0 Å². The van der Waals surface area contributed by atoms with Gasteiger partial charge in [-0.1, -0.05) is 38.1 Å². The summed E-state index contributed by atoms with van der Waals surface area (Å²) in [5, 5.41) is 2.78. The minimum atomic E-state index is -3.88. The third kappa shape index (κ3) is 4.08. The van der Waals surface area contributed by atoms with Gasteiger partial charge >= 0.3 is 0 Å². The predicted octanol–water partition coefficient (Wildman–Crippen LogP) is 5.02. The van der Waals surface area contributed by atoms with Crippen molar-refractivity contribution in [2.75, 3.05) is 22.8 Å². The number of carbonyl (C=O) groups is 1. The topological polar surface area (TPSA) is 75.7 Å². The number of anilines is 2. The molecule has 32 heavy (non-hydrogen) atoms. The predicted molar refractivity (Wildman–Crippen MR) is 127 cm³/mol. The number of hydrogen-bond acceptors (Lipinski definition) is 4. The van der Waals surface area contributed by atoms with Gasteiger partial charge in [-0.05, 0) is 60.9 Å². The summed E-state index contributed by atoms with van der Waals surface area (Å²) in [5.74, 6) is 0.578. The van der Waals surface area contributed by atoms with Gasteiger partial charge in [0.2, 0.25) is 5.91 Å². The minimum Gasteiger partial charge on any atom is -0.494 e. The molecule has 0 unspecified atom stereocenters. The van der Waals surface area contributed by atoms with Crippen molar-refractivity contribution < 1.29 is 17.9 Å². The number of rotatable bonds is 6. The van der Waals surface area contributed by atoms with Crippen LogP contribution in [0.5, 0.6) is 5.75 Å². The van der Waals surface area contributed by atoms with E-state index in [1.165, 1.54) is 4.31 Å². The number of sulfonamides is 1. The molecule has 0 fully saturated rings. The van der Waals surface area contributed by atoms with Crippen LogP contribution in [0, 0.1) is 0 Å². The van der Waals surface area contributed by atoms with E-state index in [-0.39, 0.29) is 11.4 Å². The SMILES string of the molecule is CCOc1ccc(NC(=O)CN2c3ccc(C(C)C)cc3-c3ccccc3S2(=O)=O)cc1. The number of nitrogens with zero attached hydrogens (tertiary/aromatic N) is 1. The molecule has 0 saturated carbocycles. The Balaban J connectivity index is 1.67. The monoisotopic (exact) mass is 450 g/mol. The summed E-state index contributed by atoms with van der Waals surface area (Å²) in [6.07, 6.45) is 0. The van der Waals surface area contributed by atoms with Crippen LogP contribution in [0.15, 0.2) is 71.6 Å². The summed E-state index contributed by atoms with van der Waals surface area (Å²) < 4.78 is 33.4. The number of benzene rings is 3. The Morgan fingerprint density at radius 1 is 1.00 bits per heavy atom. The second-order valence-corrected chi connectivity index (χ2v) is 9.78. The Bertz CT molecular complexity index is 1250. The lowest BCUT2D eigenvalue weighted by atomic mass is 9.95. The van der Waals surface area contributed by atoms with Crippen LogP contribution in [-0.4, -0.2) is 27.5 Å². The Labute approximate surface area is 188 Å². The largest absolute Gasteiger partial charge is 0.494 e. The van der Waals surface area contributed by atoms with Gasteiger partial charge in [-0.3, -0.25) is 9.10 Å². The molecule has 0 aliphatic carbocycles. The fourth-order valence-electron chi connectivity index (χ4n) is 3.81. The Morgan fingerprint density at radius 2 is 1.72 bits per heavy atom. The van der Waals surface area contributed by atoms with Crippen LogP contribution >= 0.6 is 0 Å². The maximum atomic E-state index is 13.4. The third-order valence-electron chi connectivity index (χ3n) is 5.44. The first-order valence-electron chi connectivity index (χ1n) is 10.6. The fraction of sp³-hybridized carbons (Fsp3) is 0.240. The Kier molecular flexibility index (Phi) is 5.93. The zero-order chi connectivity index (χ0) is 22.9. The average molecular weight is 451 g/mol. The normalized spacial score (nSPS) is 13.9. The zero-order valence-corrected chi connectivity index (χ0v) is 19.1. The van der Waals surface area contributed by atoms with Crippen molar-refractivity contribution in [2.45, 2.75) is 31.6 Å². The van der Waals surface area contributed by atoms with Gasteiger partial charge in [0.1, 0.15) is 12.3 Å². The minimum absolute atomic E-state index is 0.210. The molecule has 0 bridgehead atoms. The smallest absolute Gasteiger partial charge is 0.265 e. The van der Waals surface area contributed by atoms with E-state index in [0.29, 0.717) is 35.2 Å². The van der Waals surface area contributed by atoms with Crippen LogP contribution in [-0.2, 0) is 14.8 Å². The lowest BCUT2D eigenvalue weighted by Crippen LogP contribution is -2.40. The van der Waals surface area contributed by atoms with E-state index in [1.807, 2.05) is 31.2 Å². The highest BCUT2D eigenvalue weighted by Crippen LogP contribution is 2.43. The molecule has 0 saturated heterocycles. The second-order valence-electron chi connectivity index (χ2n) is 7.94. The number of hydrogen-bond donors (Lipinski definition) is 1. The number of ether oxygens (including phenoxy) is 1. The molecule has 0 aromatic heterocycles. The van der Waals surface area contributed by atoms with E-state index < -0.39 is 15.9 Å². The van der Waals surface area contributed by atoms with Crippen molar-refractivity contribution >= 4 is 27.3 Å². The van der Waals surface area contributed by atoms with Crippen molar-refractivity contribution in [3.05, 3.63) is 72.3 Å². The highest BCUT2D eigenvalue weighted by atomic mass is 32.2. The van der Waals surface area contributed by atoms with E-state index in [2.05, 4.69) is 19.2 Å². The van der Waals surface area contributed by atoms with Gasteiger partial charge in [0.25, 0.3) is 10.0 Å². The average Bonchev–Trinajstić information content (AvgIpc) is 2.78. The molecule has 3 aromatic carbocycles. The number of amides is 1. The van der Waals surface area contributed by atoms with E-state index in [9.17, 15) is 13.2 Å². The Hall–Kier alpha value is -3.32. The summed E-state index contributed by atoms with van der Waals surface area (Å²) in [6.45, 7) is 6.31. The maximum Gasteiger partial charge on any atom is 0.265 e. The van der Waals surface area contributed by atoms with Crippen LogP contribution in [0.3, 0.4) is 0 Å². The standard InChI is InChI=1S/C25H26N2O4S/c1-4-31-20-12-10-19(11-13-20)26-25(28)16-27-23-14-9-18(17(2)3)15-22(23)21-7-5-6-8-24(21)32(27,29)30/h5-15,17H,4,16H2,1-3H3,(H,26,28). The number of carbonyl (C=O) groups excluding carboxylic acids is 1. The molecular formula is C25H26N2O4S. The van der Waals surface area contributed by atoms with Gasteiger partial charge in [0.05, 0.1) is 17.2 Å². The first kappa shape index (κ1) is 21.9. The second kappa shape index (κ2) is 8.67. The third-order valence-corrected chi connectivity index (χ3v) is 7.26. The van der Waals surface area contributed by atoms with E-state index in [1.54, 1.807) is 42.5 Å². The Morgan fingerprint density at radius 3 is 2.41 bits per heavy atom. The molecule has 6 nitrogen and oxygen atoms in total. The summed E-state index contributed by atoms with van der Waals surface area (Å²) in [4.78, 5) is 13.0. The van der Waals surface area contributed by atoms with Gasteiger partial charge in [-0.15, -0.1) is 0 Å². The van der Waals surface area contributed by atoms with Crippen LogP contribution in [0.4, 0.5) is 11.4 Å². The lowest BCUT2D eigenvalue weighted by molar-refractivity contribution is -0.114. The summed E-state index contributed by atoms with van der Waals surface area (Å²) in [7, 11) is -3.88. The molecule has 1 aliphatic rings. The fourth-order valence-corrected chi connectivity index (χ4v) is 5.46. The van der Waals surface area contributed by atoms with E-state index >= 15 is 0 Å². The molecule has 0 atom stereocenters. The van der Waals surface area contributed by atoms with Crippen LogP contribution in [0.2, 0.25) is 0 Å². The van der Waals surface area contributed by atoms with Gasteiger partial charge in [-0.2, -0.15) is 0 Å². The van der Waals surface area contributed by atoms with E-state index in [0.717, 1.165) is 11.1 Å². The van der Waals surface area contributed by atoms with Crippen LogP contribution < -0.4 is 14.4 Å². The maximum absolute atomic E-state index is 13.4. The van der Waals surface area contributed by atoms with Gasteiger partial charge in [-0.25, -0.2) is 8.42 Å². The molecule has 7 heteroatoms.